The number of hydrogen-bond acceptors (Lipinski definition) is 4. The molecule has 33 heavy (non-hydrogen) atoms. The monoisotopic (exact) mass is 458 g/mol. The molecule has 0 saturated carbocycles. The highest BCUT2D eigenvalue weighted by molar-refractivity contribution is 7.16. The predicted octanol–water partition coefficient (Wildman–Crippen LogP) is 4.96. The van der Waals surface area contributed by atoms with Crippen molar-refractivity contribution in [1.82, 2.24) is 15.3 Å². The van der Waals surface area contributed by atoms with Crippen LogP contribution in [0.1, 0.15) is 50.8 Å². The van der Waals surface area contributed by atoms with E-state index in [1.807, 2.05) is 49.5 Å². The van der Waals surface area contributed by atoms with Gasteiger partial charge in [-0.2, -0.15) is 0 Å². The summed E-state index contributed by atoms with van der Waals surface area (Å²) in [4.78, 5) is 34.6. The van der Waals surface area contributed by atoms with Crippen molar-refractivity contribution in [2.24, 2.45) is 0 Å². The van der Waals surface area contributed by atoms with E-state index >= 15 is 0 Å². The third kappa shape index (κ3) is 4.54. The van der Waals surface area contributed by atoms with E-state index < -0.39 is 0 Å². The summed E-state index contributed by atoms with van der Waals surface area (Å²) < 4.78 is 0. The predicted molar refractivity (Wildman–Crippen MR) is 132 cm³/mol. The fourth-order valence-corrected chi connectivity index (χ4v) is 5.44. The van der Waals surface area contributed by atoms with Gasteiger partial charge in [-0.3, -0.25) is 14.9 Å². The molecule has 1 aliphatic carbocycles. The quantitative estimate of drug-likeness (QED) is 0.381. The molecule has 3 N–H and O–H groups in total. The lowest BCUT2D eigenvalue weighted by Crippen LogP contribution is -2.32. The molecular formula is C26H26N4O2S. The zero-order valence-electron chi connectivity index (χ0n) is 18.5. The number of aromatic amines is 1. The van der Waals surface area contributed by atoms with E-state index in [-0.39, 0.29) is 17.7 Å². The number of carbonyl (C=O) groups is 2. The number of aryl methyl sites for hydroxylation is 2. The molecule has 0 bridgehead atoms. The summed E-state index contributed by atoms with van der Waals surface area (Å²) in [5.74, 6) is -0.434. The van der Waals surface area contributed by atoms with Gasteiger partial charge in [-0.1, -0.05) is 35.9 Å². The number of fused-ring (bicyclic) bond motifs is 2. The number of aromatic nitrogens is 2. The Morgan fingerprint density at radius 3 is 2.82 bits per heavy atom. The number of nitrogens with zero attached hydrogens (tertiary/aromatic N) is 1. The van der Waals surface area contributed by atoms with Crippen LogP contribution in [-0.2, 0) is 17.6 Å². The number of benzene rings is 2. The van der Waals surface area contributed by atoms with E-state index in [1.54, 1.807) is 0 Å². The van der Waals surface area contributed by atoms with Crippen LogP contribution in [0, 0.1) is 6.92 Å². The highest BCUT2D eigenvalue weighted by Gasteiger charge is 2.30. The van der Waals surface area contributed by atoms with Gasteiger partial charge in [-0.15, -0.1) is 11.3 Å². The fraction of sp³-hybridized carbons (Fsp3) is 0.269. The van der Waals surface area contributed by atoms with Gasteiger partial charge in [0.25, 0.3) is 5.91 Å². The van der Waals surface area contributed by atoms with Gasteiger partial charge in [-0.25, -0.2) is 4.98 Å². The lowest BCUT2D eigenvalue weighted by Gasteiger charge is -2.20. The molecule has 0 spiro atoms. The van der Waals surface area contributed by atoms with Crippen LogP contribution in [0.2, 0.25) is 0 Å². The lowest BCUT2D eigenvalue weighted by atomic mass is 9.90. The molecule has 0 radical (unpaired) electrons. The molecule has 168 valence electrons. The first-order valence-electron chi connectivity index (χ1n) is 11.3. The topological polar surface area (TPSA) is 86.9 Å². The van der Waals surface area contributed by atoms with Gasteiger partial charge in [-0.05, 0) is 56.4 Å². The molecule has 5 rings (SSSR count). The minimum atomic E-state index is -0.266. The van der Waals surface area contributed by atoms with Crippen LogP contribution >= 0.6 is 11.3 Å². The summed E-state index contributed by atoms with van der Waals surface area (Å²) in [6.45, 7) is 2.57. The van der Waals surface area contributed by atoms with Gasteiger partial charge in [0.05, 0.1) is 11.6 Å². The van der Waals surface area contributed by atoms with Gasteiger partial charge in [0.1, 0.15) is 0 Å². The average molecular weight is 459 g/mol. The summed E-state index contributed by atoms with van der Waals surface area (Å²) in [6.07, 6.45) is 5.40. The second kappa shape index (κ2) is 9.19. The van der Waals surface area contributed by atoms with Gasteiger partial charge in [0.2, 0.25) is 5.91 Å². The van der Waals surface area contributed by atoms with Gasteiger partial charge < -0.3 is 10.3 Å². The molecule has 2 aromatic heterocycles. The van der Waals surface area contributed by atoms with Gasteiger partial charge in [0.15, 0.2) is 5.13 Å². The van der Waals surface area contributed by atoms with E-state index in [2.05, 4.69) is 32.7 Å². The van der Waals surface area contributed by atoms with Crippen molar-refractivity contribution in [1.29, 1.82) is 0 Å². The molecule has 0 saturated heterocycles. The molecule has 6 nitrogen and oxygen atoms in total. The van der Waals surface area contributed by atoms with Gasteiger partial charge >= 0.3 is 0 Å². The van der Waals surface area contributed by atoms with Crippen LogP contribution in [0.4, 0.5) is 5.13 Å². The maximum atomic E-state index is 13.0. The SMILES string of the molecule is Cc1ccc(C(=O)Nc2nc3c(s2)CCCC3C(=O)NCCc2c[nH]c3ccccc23)cc1. The Kier molecular flexibility index (Phi) is 5.96. The Hall–Kier alpha value is -3.45. The lowest BCUT2D eigenvalue weighted by molar-refractivity contribution is -0.122. The minimum Gasteiger partial charge on any atom is -0.361 e. The molecule has 4 aromatic rings. The van der Waals surface area contributed by atoms with E-state index in [4.69, 9.17) is 0 Å². The molecular weight excluding hydrogens is 432 g/mol. The number of para-hydroxylation sites is 1. The van der Waals surface area contributed by atoms with Crippen molar-refractivity contribution in [2.45, 2.75) is 38.5 Å². The largest absolute Gasteiger partial charge is 0.361 e. The number of amides is 2. The molecule has 7 heteroatoms. The molecule has 0 aliphatic heterocycles. The first-order valence-corrected chi connectivity index (χ1v) is 12.1. The Morgan fingerprint density at radius 1 is 1.15 bits per heavy atom. The van der Waals surface area contributed by atoms with Crippen LogP contribution in [0.3, 0.4) is 0 Å². The van der Waals surface area contributed by atoms with Crippen LogP contribution in [0.5, 0.6) is 0 Å². The maximum Gasteiger partial charge on any atom is 0.257 e. The summed E-state index contributed by atoms with van der Waals surface area (Å²) in [5, 5.41) is 7.76. The van der Waals surface area contributed by atoms with Gasteiger partial charge in [0, 0.05) is 34.1 Å². The Bertz CT molecular complexity index is 1310. The Balaban J connectivity index is 1.23. The molecule has 0 fully saturated rings. The van der Waals surface area contributed by atoms with Crippen molar-refractivity contribution in [3.05, 3.63) is 82.0 Å². The van der Waals surface area contributed by atoms with Crippen LogP contribution < -0.4 is 10.6 Å². The highest BCUT2D eigenvalue weighted by atomic mass is 32.1. The summed E-state index contributed by atoms with van der Waals surface area (Å²) in [5.41, 5.74) is 4.83. The van der Waals surface area contributed by atoms with Crippen molar-refractivity contribution in [3.63, 3.8) is 0 Å². The molecule has 1 unspecified atom stereocenters. The van der Waals surface area contributed by atoms with Crippen LogP contribution in [0.15, 0.2) is 54.7 Å². The highest BCUT2D eigenvalue weighted by Crippen LogP contribution is 2.37. The van der Waals surface area contributed by atoms with E-state index in [0.717, 1.165) is 47.3 Å². The average Bonchev–Trinajstić information content (AvgIpc) is 3.43. The smallest absolute Gasteiger partial charge is 0.257 e. The van der Waals surface area contributed by atoms with Crippen molar-refractivity contribution < 1.29 is 9.59 Å². The summed E-state index contributed by atoms with van der Waals surface area (Å²) in [7, 11) is 0. The zero-order chi connectivity index (χ0) is 22.8. The molecule has 2 amide bonds. The molecule has 1 atom stereocenters. The third-order valence-electron chi connectivity index (χ3n) is 6.17. The summed E-state index contributed by atoms with van der Waals surface area (Å²) >= 11 is 1.48. The number of hydrogen-bond donors (Lipinski definition) is 3. The number of anilines is 1. The van der Waals surface area contributed by atoms with Crippen molar-refractivity contribution in [2.75, 3.05) is 11.9 Å². The Labute approximate surface area is 196 Å². The fourth-order valence-electron chi connectivity index (χ4n) is 4.38. The van der Waals surface area contributed by atoms with E-state index in [1.165, 1.54) is 22.3 Å². The number of H-pyrrole nitrogens is 1. The second-order valence-electron chi connectivity index (χ2n) is 8.49. The Morgan fingerprint density at radius 2 is 1.97 bits per heavy atom. The first-order chi connectivity index (χ1) is 16.1. The first kappa shape index (κ1) is 21.4. The molecule has 1 aliphatic rings. The van der Waals surface area contributed by atoms with Crippen LogP contribution in [0.25, 0.3) is 10.9 Å². The molecule has 2 heterocycles. The number of carbonyl (C=O) groups excluding carboxylic acids is 2. The van der Waals surface area contributed by atoms with Crippen molar-refractivity contribution in [3.8, 4) is 0 Å². The van der Waals surface area contributed by atoms with Crippen LogP contribution in [-0.4, -0.2) is 28.3 Å². The maximum absolute atomic E-state index is 13.0. The zero-order valence-corrected chi connectivity index (χ0v) is 19.3. The molecule has 2 aromatic carbocycles. The number of thiazole rings is 1. The second-order valence-corrected chi connectivity index (χ2v) is 9.58. The number of nitrogens with one attached hydrogen (secondary N) is 3. The van der Waals surface area contributed by atoms with Crippen molar-refractivity contribution >= 4 is 39.2 Å². The summed E-state index contributed by atoms with van der Waals surface area (Å²) in [6, 6.07) is 15.6. The van der Waals surface area contributed by atoms with E-state index in [0.29, 0.717) is 17.2 Å². The number of rotatable bonds is 6. The van der Waals surface area contributed by atoms with E-state index in [9.17, 15) is 9.59 Å². The standard InChI is InChI=1S/C26H26N4O2S/c1-16-9-11-17(12-10-16)24(31)30-26-29-23-20(6-4-8-22(23)33-26)25(32)27-14-13-18-15-28-21-7-3-2-5-19(18)21/h2-3,5,7,9-12,15,20,28H,4,6,8,13-14H2,1H3,(H,27,32)(H,29,30,31). The normalized spacial score (nSPS) is 15.2. The minimum absolute atomic E-state index is 0.0116. The third-order valence-corrected chi connectivity index (χ3v) is 7.22.